The first-order chi connectivity index (χ1) is 17.2. The first kappa shape index (κ1) is 24.1. The molecule has 5 rings (SSSR count). The minimum Gasteiger partial charge on any atom is -0.508 e. The molecule has 0 aliphatic heterocycles. The molecule has 0 saturated heterocycles. The number of rotatable bonds is 4. The third-order valence-electron chi connectivity index (χ3n) is 5.94. The molecular formula is C27H23N3O6. The molecule has 9 heteroatoms. The van der Waals surface area contributed by atoms with Crippen molar-refractivity contribution in [1.29, 1.82) is 0 Å². The van der Waals surface area contributed by atoms with E-state index in [9.17, 15) is 15.3 Å². The molecule has 4 aromatic carbocycles. The van der Waals surface area contributed by atoms with Crippen LogP contribution in [0.3, 0.4) is 0 Å². The number of carboxylic acid groups (broad SMARTS) is 2. The third-order valence-corrected chi connectivity index (χ3v) is 5.94. The molecule has 5 aromatic rings. The number of carbonyl (C=O) groups is 1. The second kappa shape index (κ2) is 9.67. The molecule has 0 aliphatic carbocycles. The normalized spacial score (nSPS) is 11.0. The number of phenols is 3. The Morgan fingerprint density at radius 2 is 1.11 bits per heavy atom. The van der Waals surface area contributed by atoms with Gasteiger partial charge in [-0.15, -0.1) is 15.0 Å². The quantitative estimate of drug-likeness (QED) is 0.220. The SMILES string of the molecule is CC(c1ccc(O)cc1)(c1ccc(O)cc1)c1ccc(O)c(-n2nc3ccccc3n2)c1.O=C(O)O. The van der Waals surface area contributed by atoms with Crippen molar-refractivity contribution in [3.8, 4) is 22.9 Å². The lowest BCUT2D eigenvalue weighted by atomic mass is 9.71. The van der Waals surface area contributed by atoms with Gasteiger partial charge in [0.15, 0.2) is 0 Å². The number of hydrogen-bond donors (Lipinski definition) is 5. The molecule has 0 saturated carbocycles. The minimum atomic E-state index is -1.83. The molecule has 0 spiro atoms. The molecule has 9 nitrogen and oxygen atoms in total. The van der Waals surface area contributed by atoms with Crippen LogP contribution in [0.2, 0.25) is 0 Å². The fourth-order valence-electron chi connectivity index (χ4n) is 4.05. The van der Waals surface area contributed by atoms with Crippen LogP contribution in [0.5, 0.6) is 17.2 Å². The summed E-state index contributed by atoms with van der Waals surface area (Å²) in [7, 11) is 0. The lowest BCUT2D eigenvalue weighted by molar-refractivity contribution is 0.137. The van der Waals surface area contributed by atoms with Gasteiger partial charge in [-0.1, -0.05) is 42.5 Å². The van der Waals surface area contributed by atoms with Crippen molar-refractivity contribution in [2.24, 2.45) is 0 Å². The average Bonchev–Trinajstić information content (AvgIpc) is 3.28. The maximum atomic E-state index is 10.6. The standard InChI is InChI=1S/C26H21N3O3.CH2O3/c1-26(17-6-11-20(30)12-7-17,18-8-13-21(31)14-9-18)19-10-15-25(32)24(16-19)29-27-22-4-2-3-5-23(22)28-29;2-1(3)4/h2-16,30-32H,1H3;(H2,2,3,4). The molecule has 0 amide bonds. The van der Waals surface area contributed by atoms with Gasteiger partial charge in [0, 0.05) is 5.41 Å². The summed E-state index contributed by atoms with van der Waals surface area (Å²) in [4.78, 5) is 10.00. The van der Waals surface area contributed by atoms with Crippen molar-refractivity contribution < 1.29 is 30.3 Å². The van der Waals surface area contributed by atoms with E-state index < -0.39 is 11.6 Å². The molecule has 0 bridgehead atoms. The number of fused-ring (bicyclic) bond motifs is 1. The number of aromatic hydroxyl groups is 3. The monoisotopic (exact) mass is 485 g/mol. The van der Waals surface area contributed by atoms with Gasteiger partial charge in [0.05, 0.1) is 0 Å². The van der Waals surface area contributed by atoms with E-state index in [1.165, 1.54) is 4.80 Å². The Labute approximate surface area is 205 Å². The molecule has 0 fully saturated rings. The molecule has 5 N–H and O–H groups in total. The topological polar surface area (TPSA) is 149 Å². The highest BCUT2D eigenvalue weighted by Crippen LogP contribution is 2.41. The molecule has 0 aliphatic rings. The number of benzene rings is 4. The molecular weight excluding hydrogens is 462 g/mol. The van der Waals surface area contributed by atoms with Crippen LogP contribution in [0.4, 0.5) is 4.79 Å². The van der Waals surface area contributed by atoms with E-state index in [1.54, 1.807) is 30.3 Å². The van der Waals surface area contributed by atoms with E-state index in [1.807, 2.05) is 60.7 Å². The summed E-state index contributed by atoms with van der Waals surface area (Å²) in [5.74, 6) is 0.425. The van der Waals surface area contributed by atoms with Crippen LogP contribution in [0.25, 0.3) is 16.7 Å². The second-order valence-corrected chi connectivity index (χ2v) is 8.18. The predicted octanol–water partition coefficient (Wildman–Crippen LogP) is 5.11. The van der Waals surface area contributed by atoms with Crippen LogP contribution in [0, 0.1) is 0 Å². The summed E-state index contributed by atoms with van der Waals surface area (Å²) < 4.78 is 0. The highest BCUT2D eigenvalue weighted by Gasteiger charge is 2.32. The second-order valence-electron chi connectivity index (χ2n) is 8.18. The molecule has 0 radical (unpaired) electrons. The van der Waals surface area contributed by atoms with Crippen molar-refractivity contribution >= 4 is 17.2 Å². The number of phenolic OH excluding ortho intramolecular Hbond substituents is 3. The predicted molar refractivity (Wildman–Crippen MR) is 133 cm³/mol. The van der Waals surface area contributed by atoms with Gasteiger partial charge < -0.3 is 25.5 Å². The highest BCUT2D eigenvalue weighted by atomic mass is 16.6. The minimum absolute atomic E-state index is 0.0628. The van der Waals surface area contributed by atoms with Crippen molar-refractivity contribution in [2.75, 3.05) is 0 Å². The first-order valence-electron chi connectivity index (χ1n) is 10.9. The van der Waals surface area contributed by atoms with Crippen LogP contribution in [0.15, 0.2) is 91.0 Å². The largest absolute Gasteiger partial charge is 0.508 e. The fourth-order valence-corrected chi connectivity index (χ4v) is 4.05. The van der Waals surface area contributed by atoms with Crippen LogP contribution in [-0.2, 0) is 5.41 Å². The first-order valence-corrected chi connectivity index (χ1v) is 10.9. The lowest BCUT2D eigenvalue weighted by Gasteiger charge is -2.32. The average molecular weight is 485 g/mol. The van der Waals surface area contributed by atoms with E-state index in [4.69, 9.17) is 15.0 Å². The van der Waals surface area contributed by atoms with Gasteiger partial charge >= 0.3 is 6.16 Å². The Morgan fingerprint density at radius 1 is 0.694 bits per heavy atom. The Morgan fingerprint density at radius 3 is 1.56 bits per heavy atom. The van der Waals surface area contributed by atoms with E-state index >= 15 is 0 Å². The van der Waals surface area contributed by atoms with Gasteiger partial charge in [-0.2, -0.15) is 0 Å². The van der Waals surface area contributed by atoms with Crippen LogP contribution >= 0.6 is 0 Å². The maximum absolute atomic E-state index is 10.6. The summed E-state index contributed by atoms with van der Waals surface area (Å²) >= 11 is 0. The van der Waals surface area contributed by atoms with Gasteiger partial charge in [0.2, 0.25) is 0 Å². The molecule has 0 unspecified atom stereocenters. The van der Waals surface area contributed by atoms with Crippen molar-refractivity contribution in [2.45, 2.75) is 12.3 Å². The van der Waals surface area contributed by atoms with Crippen LogP contribution in [0.1, 0.15) is 23.6 Å². The van der Waals surface area contributed by atoms with E-state index in [2.05, 4.69) is 17.1 Å². The van der Waals surface area contributed by atoms with Crippen molar-refractivity contribution in [3.63, 3.8) is 0 Å². The zero-order valence-electron chi connectivity index (χ0n) is 19.1. The summed E-state index contributed by atoms with van der Waals surface area (Å²) in [6, 6.07) is 27.0. The Hall–Kier alpha value is -5.05. The van der Waals surface area contributed by atoms with Gasteiger partial charge in [0.1, 0.15) is 34.0 Å². The molecule has 36 heavy (non-hydrogen) atoms. The van der Waals surface area contributed by atoms with Crippen LogP contribution < -0.4 is 0 Å². The third kappa shape index (κ3) is 4.76. The molecule has 1 heterocycles. The summed E-state index contributed by atoms with van der Waals surface area (Å²) in [6.07, 6.45) is -1.83. The van der Waals surface area contributed by atoms with Gasteiger partial charge in [0.25, 0.3) is 0 Å². The molecule has 182 valence electrons. The summed E-state index contributed by atoms with van der Waals surface area (Å²) in [6.45, 7) is 2.06. The van der Waals surface area contributed by atoms with Crippen molar-refractivity contribution in [3.05, 3.63) is 108 Å². The van der Waals surface area contributed by atoms with Crippen LogP contribution in [-0.4, -0.2) is 46.7 Å². The Balaban J connectivity index is 0.000000709. The van der Waals surface area contributed by atoms with Crippen molar-refractivity contribution in [1.82, 2.24) is 15.0 Å². The molecule has 1 aromatic heterocycles. The van der Waals surface area contributed by atoms with Gasteiger partial charge in [-0.3, -0.25) is 0 Å². The summed E-state index contributed by atoms with van der Waals surface area (Å²) in [5, 5.41) is 53.2. The zero-order valence-corrected chi connectivity index (χ0v) is 19.1. The molecule has 0 atom stereocenters. The Kier molecular flexibility index (Phi) is 6.47. The number of nitrogens with zero attached hydrogens (tertiary/aromatic N) is 3. The smallest absolute Gasteiger partial charge is 0.503 e. The number of aromatic nitrogens is 3. The fraction of sp³-hybridized carbons (Fsp3) is 0.0741. The van der Waals surface area contributed by atoms with E-state index in [-0.39, 0.29) is 17.2 Å². The highest BCUT2D eigenvalue weighted by molar-refractivity contribution is 5.73. The number of hydrogen-bond acceptors (Lipinski definition) is 6. The van der Waals surface area contributed by atoms with Gasteiger partial charge in [-0.25, -0.2) is 4.79 Å². The lowest BCUT2D eigenvalue weighted by Crippen LogP contribution is -2.25. The van der Waals surface area contributed by atoms with Gasteiger partial charge in [-0.05, 0) is 72.1 Å². The summed E-state index contributed by atoms with van der Waals surface area (Å²) in [5.41, 5.74) is 4.06. The Bertz CT molecular complexity index is 1430. The van der Waals surface area contributed by atoms with E-state index in [0.29, 0.717) is 5.69 Å². The zero-order chi connectivity index (χ0) is 25.9. The maximum Gasteiger partial charge on any atom is 0.503 e. The van der Waals surface area contributed by atoms with E-state index in [0.717, 1.165) is 27.7 Å².